The van der Waals surface area contributed by atoms with E-state index in [4.69, 9.17) is 9.72 Å². The summed E-state index contributed by atoms with van der Waals surface area (Å²) >= 11 is 3.57. The van der Waals surface area contributed by atoms with Gasteiger partial charge in [-0.05, 0) is 60.5 Å². The first-order chi connectivity index (χ1) is 18.6. The number of pyridine rings is 1. The van der Waals surface area contributed by atoms with Gasteiger partial charge in [0.05, 0.1) is 23.4 Å². The van der Waals surface area contributed by atoms with Crippen LogP contribution in [0.3, 0.4) is 0 Å². The molecule has 4 aromatic rings. The summed E-state index contributed by atoms with van der Waals surface area (Å²) in [7, 11) is 0. The molecule has 5 nitrogen and oxygen atoms in total. The van der Waals surface area contributed by atoms with Crippen molar-refractivity contribution in [3.63, 3.8) is 0 Å². The number of halogens is 1. The Balaban J connectivity index is 1.33. The minimum absolute atomic E-state index is 0.0547. The van der Waals surface area contributed by atoms with E-state index in [1.54, 1.807) is 0 Å². The number of hydrogen-bond donors (Lipinski definition) is 0. The van der Waals surface area contributed by atoms with Crippen molar-refractivity contribution in [2.75, 3.05) is 39.3 Å². The summed E-state index contributed by atoms with van der Waals surface area (Å²) in [5.41, 5.74) is 4.45. The van der Waals surface area contributed by atoms with Crippen LogP contribution in [0.4, 0.5) is 0 Å². The van der Waals surface area contributed by atoms with Crippen molar-refractivity contribution in [3.05, 3.63) is 101 Å². The number of amides is 1. The maximum atomic E-state index is 13.8. The molecular weight excluding hydrogens is 538 g/mol. The molecule has 2 heterocycles. The van der Waals surface area contributed by atoms with Gasteiger partial charge in [-0.2, -0.15) is 0 Å². The Morgan fingerprint density at radius 3 is 2.47 bits per heavy atom. The summed E-state index contributed by atoms with van der Waals surface area (Å²) < 4.78 is 6.66. The van der Waals surface area contributed by atoms with Crippen LogP contribution in [0.1, 0.15) is 29.3 Å². The molecule has 0 radical (unpaired) electrons. The third kappa shape index (κ3) is 6.32. The van der Waals surface area contributed by atoms with Crippen molar-refractivity contribution in [2.24, 2.45) is 0 Å². The first-order valence-corrected chi connectivity index (χ1v) is 14.0. The SMILES string of the molecule is CCCOc1ccc(-c2cc(C(=O)N3CCN(C/C=C\c4ccccc4)CC3)c3cc(Br)ccc3n2)cc1. The van der Waals surface area contributed by atoms with Crippen molar-refractivity contribution >= 4 is 38.8 Å². The Morgan fingerprint density at radius 2 is 1.74 bits per heavy atom. The number of carbonyl (C=O) groups excluding carboxylic acids is 1. The van der Waals surface area contributed by atoms with E-state index >= 15 is 0 Å². The fraction of sp³-hybridized carbons (Fsp3) is 0.250. The van der Waals surface area contributed by atoms with Crippen molar-refractivity contribution in [1.82, 2.24) is 14.8 Å². The summed E-state index contributed by atoms with van der Waals surface area (Å²) in [5.74, 6) is 0.896. The number of fused-ring (bicyclic) bond motifs is 1. The predicted molar refractivity (Wildman–Crippen MR) is 158 cm³/mol. The second-order valence-electron chi connectivity index (χ2n) is 9.50. The van der Waals surface area contributed by atoms with Crippen molar-refractivity contribution in [3.8, 4) is 17.0 Å². The van der Waals surface area contributed by atoms with Gasteiger partial charge in [0, 0.05) is 48.1 Å². The molecule has 0 bridgehead atoms. The van der Waals surface area contributed by atoms with Gasteiger partial charge in [0.15, 0.2) is 0 Å². The van der Waals surface area contributed by atoms with Crippen LogP contribution in [-0.4, -0.2) is 60.0 Å². The molecule has 3 aromatic carbocycles. The monoisotopic (exact) mass is 569 g/mol. The zero-order valence-corrected chi connectivity index (χ0v) is 23.2. The molecule has 1 aromatic heterocycles. The Labute approximate surface area is 232 Å². The van der Waals surface area contributed by atoms with Crippen LogP contribution in [-0.2, 0) is 0 Å². The highest BCUT2D eigenvalue weighted by molar-refractivity contribution is 9.10. The lowest BCUT2D eigenvalue weighted by molar-refractivity contribution is 0.0652. The number of aromatic nitrogens is 1. The average Bonchev–Trinajstić information content (AvgIpc) is 2.96. The summed E-state index contributed by atoms with van der Waals surface area (Å²) in [6.07, 6.45) is 5.32. The molecular formula is C32H32BrN3O2. The van der Waals surface area contributed by atoms with Gasteiger partial charge in [0.2, 0.25) is 0 Å². The maximum Gasteiger partial charge on any atom is 0.254 e. The van der Waals surface area contributed by atoms with E-state index in [1.165, 1.54) is 5.56 Å². The van der Waals surface area contributed by atoms with Gasteiger partial charge in [-0.3, -0.25) is 9.69 Å². The number of carbonyl (C=O) groups is 1. The van der Waals surface area contributed by atoms with Crippen LogP contribution in [0.2, 0.25) is 0 Å². The minimum Gasteiger partial charge on any atom is -0.494 e. The molecule has 1 aliphatic rings. The van der Waals surface area contributed by atoms with Crippen LogP contribution in [0.25, 0.3) is 28.2 Å². The highest BCUT2D eigenvalue weighted by Gasteiger charge is 2.24. The molecule has 0 spiro atoms. The Hall–Kier alpha value is -3.48. The van der Waals surface area contributed by atoms with Gasteiger partial charge in [-0.25, -0.2) is 4.98 Å². The number of nitrogens with zero attached hydrogens (tertiary/aromatic N) is 3. The molecule has 194 valence electrons. The third-order valence-electron chi connectivity index (χ3n) is 6.76. The molecule has 0 unspecified atom stereocenters. The topological polar surface area (TPSA) is 45.7 Å². The second kappa shape index (κ2) is 12.4. The lowest BCUT2D eigenvalue weighted by atomic mass is 10.0. The highest BCUT2D eigenvalue weighted by atomic mass is 79.9. The zero-order chi connectivity index (χ0) is 26.3. The highest BCUT2D eigenvalue weighted by Crippen LogP contribution is 2.29. The van der Waals surface area contributed by atoms with Gasteiger partial charge in [-0.15, -0.1) is 0 Å². The van der Waals surface area contributed by atoms with Crippen LogP contribution >= 0.6 is 15.9 Å². The largest absolute Gasteiger partial charge is 0.494 e. The second-order valence-corrected chi connectivity index (χ2v) is 10.4. The Kier molecular flexibility index (Phi) is 8.51. The first kappa shape index (κ1) is 26.1. The minimum atomic E-state index is 0.0547. The predicted octanol–water partition coefficient (Wildman–Crippen LogP) is 6.92. The number of hydrogen-bond acceptors (Lipinski definition) is 4. The van der Waals surface area contributed by atoms with Crippen LogP contribution in [0, 0.1) is 0 Å². The van der Waals surface area contributed by atoms with E-state index in [2.05, 4.69) is 52.0 Å². The maximum absolute atomic E-state index is 13.8. The van der Waals surface area contributed by atoms with Gasteiger partial charge < -0.3 is 9.64 Å². The molecule has 0 N–H and O–H groups in total. The fourth-order valence-electron chi connectivity index (χ4n) is 4.67. The van der Waals surface area contributed by atoms with Crippen LogP contribution in [0.15, 0.2) is 89.4 Å². The van der Waals surface area contributed by atoms with E-state index in [0.29, 0.717) is 25.3 Å². The molecule has 0 aliphatic carbocycles. The molecule has 38 heavy (non-hydrogen) atoms. The van der Waals surface area contributed by atoms with Gasteiger partial charge in [0.25, 0.3) is 5.91 Å². The normalized spacial score (nSPS) is 14.3. The Bertz CT molecular complexity index is 1410. The number of piperazine rings is 1. The standard InChI is InChI=1S/C32H32BrN3O2/c1-2-21-38-27-13-10-25(11-14-27)31-23-29(28-22-26(33)12-15-30(28)34-31)32(37)36-19-17-35(18-20-36)16-6-9-24-7-4-3-5-8-24/h3-15,22-23H,2,16-21H2,1H3/b9-6-. The fourth-order valence-corrected chi connectivity index (χ4v) is 5.03. The third-order valence-corrected chi connectivity index (χ3v) is 7.25. The molecule has 0 atom stereocenters. The van der Waals surface area contributed by atoms with E-state index < -0.39 is 0 Å². The molecule has 0 saturated carbocycles. The molecule has 5 rings (SSSR count). The van der Waals surface area contributed by atoms with E-state index in [0.717, 1.165) is 58.4 Å². The van der Waals surface area contributed by atoms with Gasteiger partial charge >= 0.3 is 0 Å². The summed E-state index contributed by atoms with van der Waals surface area (Å²) in [5, 5.41) is 0.865. The summed E-state index contributed by atoms with van der Waals surface area (Å²) in [6.45, 7) is 6.77. The van der Waals surface area contributed by atoms with E-state index in [-0.39, 0.29) is 5.91 Å². The number of benzene rings is 3. The van der Waals surface area contributed by atoms with Crippen LogP contribution < -0.4 is 4.74 Å². The molecule has 6 heteroatoms. The molecule has 1 saturated heterocycles. The quantitative estimate of drug-likeness (QED) is 0.231. The van der Waals surface area contributed by atoms with Gasteiger partial charge in [-0.1, -0.05) is 65.3 Å². The first-order valence-electron chi connectivity index (χ1n) is 13.2. The molecule has 1 fully saturated rings. The van der Waals surface area contributed by atoms with Crippen molar-refractivity contribution < 1.29 is 9.53 Å². The van der Waals surface area contributed by atoms with Crippen molar-refractivity contribution in [2.45, 2.75) is 13.3 Å². The average molecular weight is 571 g/mol. The van der Waals surface area contributed by atoms with Crippen LogP contribution in [0.5, 0.6) is 5.75 Å². The van der Waals surface area contributed by atoms with E-state index in [9.17, 15) is 4.79 Å². The molecule has 1 aliphatic heterocycles. The van der Waals surface area contributed by atoms with Crippen molar-refractivity contribution in [1.29, 1.82) is 0 Å². The lowest BCUT2D eigenvalue weighted by Gasteiger charge is -2.34. The molecule has 1 amide bonds. The number of ether oxygens (including phenoxy) is 1. The summed E-state index contributed by atoms with van der Waals surface area (Å²) in [6, 6.07) is 26.1. The smallest absolute Gasteiger partial charge is 0.254 e. The number of rotatable bonds is 8. The summed E-state index contributed by atoms with van der Waals surface area (Å²) in [4.78, 5) is 23.1. The lowest BCUT2D eigenvalue weighted by Crippen LogP contribution is -2.48. The van der Waals surface area contributed by atoms with Gasteiger partial charge in [0.1, 0.15) is 5.75 Å². The Morgan fingerprint density at radius 1 is 0.974 bits per heavy atom. The zero-order valence-electron chi connectivity index (χ0n) is 21.6. The van der Waals surface area contributed by atoms with E-state index in [1.807, 2.05) is 71.6 Å².